The van der Waals surface area contributed by atoms with Crippen LogP contribution in [0, 0.1) is 0 Å². The fourth-order valence-electron chi connectivity index (χ4n) is 2.95. The SMILES string of the molecule is O=S(=O)(c1ccc2nc(Nc3ccc(Cl)cc3)ccc2c1)N1CCOCC1. The summed E-state index contributed by atoms with van der Waals surface area (Å²) in [4.78, 5) is 4.83. The van der Waals surface area contributed by atoms with E-state index in [1.54, 1.807) is 30.3 Å². The largest absolute Gasteiger partial charge is 0.379 e. The second-order valence-electron chi connectivity index (χ2n) is 6.20. The fourth-order valence-corrected chi connectivity index (χ4v) is 4.52. The van der Waals surface area contributed by atoms with Crippen LogP contribution < -0.4 is 5.32 Å². The summed E-state index contributed by atoms with van der Waals surface area (Å²) in [7, 11) is -3.52. The molecule has 3 aromatic rings. The molecule has 0 atom stereocenters. The number of anilines is 2. The molecule has 27 heavy (non-hydrogen) atoms. The Balaban J connectivity index is 1.61. The number of nitrogens with one attached hydrogen (secondary N) is 1. The highest BCUT2D eigenvalue weighted by Crippen LogP contribution is 2.24. The van der Waals surface area contributed by atoms with Gasteiger partial charge in [0, 0.05) is 29.2 Å². The quantitative estimate of drug-likeness (QED) is 0.719. The van der Waals surface area contributed by atoms with Crippen molar-refractivity contribution in [2.45, 2.75) is 4.90 Å². The van der Waals surface area contributed by atoms with Gasteiger partial charge in [0.25, 0.3) is 0 Å². The van der Waals surface area contributed by atoms with Crippen molar-refractivity contribution in [2.24, 2.45) is 0 Å². The predicted octanol–water partition coefficient (Wildman–Crippen LogP) is 3.65. The minimum absolute atomic E-state index is 0.275. The van der Waals surface area contributed by atoms with Crippen LogP contribution in [-0.2, 0) is 14.8 Å². The summed E-state index contributed by atoms with van der Waals surface area (Å²) in [5.74, 6) is 0.675. The highest BCUT2D eigenvalue weighted by atomic mass is 35.5. The molecule has 2 aromatic carbocycles. The predicted molar refractivity (Wildman–Crippen MR) is 106 cm³/mol. The Labute approximate surface area is 162 Å². The van der Waals surface area contributed by atoms with Crippen LogP contribution in [0.15, 0.2) is 59.5 Å². The molecule has 0 saturated carbocycles. The van der Waals surface area contributed by atoms with Gasteiger partial charge in [-0.15, -0.1) is 0 Å². The van der Waals surface area contributed by atoms with Crippen molar-refractivity contribution in [3.63, 3.8) is 0 Å². The molecule has 0 bridgehead atoms. The minimum atomic E-state index is -3.52. The molecule has 1 saturated heterocycles. The first-order valence-electron chi connectivity index (χ1n) is 8.54. The average Bonchev–Trinajstić information content (AvgIpc) is 2.70. The van der Waals surface area contributed by atoms with Crippen molar-refractivity contribution < 1.29 is 13.2 Å². The molecular weight excluding hydrogens is 386 g/mol. The van der Waals surface area contributed by atoms with Gasteiger partial charge in [0.1, 0.15) is 5.82 Å². The molecule has 1 aliphatic rings. The second kappa shape index (κ2) is 7.44. The number of sulfonamides is 1. The van der Waals surface area contributed by atoms with E-state index in [4.69, 9.17) is 16.3 Å². The molecule has 140 valence electrons. The zero-order valence-corrected chi connectivity index (χ0v) is 16.0. The molecule has 0 radical (unpaired) electrons. The lowest BCUT2D eigenvalue weighted by molar-refractivity contribution is 0.0730. The van der Waals surface area contributed by atoms with Crippen LogP contribution in [-0.4, -0.2) is 44.0 Å². The Kier molecular flexibility index (Phi) is 5.01. The van der Waals surface area contributed by atoms with Crippen molar-refractivity contribution in [3.8, 4) is 0 Å². The van der Waals surface area contributed by atoms with E-state index in [-0.39, 0.29) is 4.90 Å². The lowest BCUT2D eigenvalue weighted by Crippen LogP contribution is -2.40. The Bertz CT molecular complexity index is 1070. The molecule has 8 heteroatoms. The van der Waals surface area contributed by atoms with E-state index in [0.29, 0.717) is 37.1 Å². The molecule has 4 rings (SSSR count). The number of hydrogen-bond acceptors (Lipinski definition) is 5. The third-order valence-electron chi connectivity index (χ3n) is 4.39. The zero-order valence-electron chi connectivity index (χ0n) is 14.4. The van der Waals surface area contributed by atoms with Crippen LogP contribution in [0.25, 0.3) is 10.9 Å². The number of nitrogens with zero attached hydrogens (tertiary/aromatic N) is 2. The van der Waals surface area contributed by atoms with Crippen molar-refractivity contribution in [3.05, 3.63) is 59.6 Å². The number of rotatable bonds is 4. The van der Waals surface area contributed by atoms with Crippen molar-refractivity contribution >= 4 is 44.0 Å². The minimum Gasteiger partial charge on any atom is -0.379 e. The third-order valence-corrected chi connectivity index (χ3v) is 6.53. The number of morpholine rings is 1. The maximum atomic E-state index is 12.8. The first-order valence-corrected chi connectivity index (χ1v) is 10.4. The topological polar surface area (TPSA) is 71.5 Å². The maximum Gasteiger partial charge on any atom is 0.243 e. The van der Waals surface area contributed by atoms with Crippen molar-refractivity contribution in [1.29, 1.82) is 0 Å². The van der Waals surface area contributed by atoms with E-state index < -0.39 is 10.0 Å². The number of aromatic nitrogens is 1. The summed E-state index contributed by atoms with van der Waals surface area (Å²) in [6.07, 6.45) is 0. The van der Waals surface area contributed by atoms with E-state index >= 15 is 0 Å². The summed E-state index contributed by atoms with van der Waals surface area (Å²) in [6, 6.07) is 16.0. The number of benzene rings is 2. The lowest BCUT2D eigenvalue weighted by Gasteiger charge is -2.26. The van der Waals surface area contributed by atoms with Crippen molar-refractivity contribution in [1.82, 2.24) is 9.29 Å². The standard InChI is InChI=1S/C19H18ClN3O3S/c20-15-2-4-16(5-3-15)21-19-8-1-14-13-17(6-7-18(14)22-19)27(24,25)23-9-11-26-12-10-23/h1-8,13H,9-12H2,(H,21,22). The molecule has 1 aliphatic heterocycles. The summed E-state index contributed by atoms with van der Waals surface area (Å²) in [6.45, 7) is 1.60. The Morgan fingerprint density at radius 3 is 2.48 bits per heavy atom. The first-order chi connectivity index (χ1) is 13.0. The molecule has 0 spiro atoms. The van der Waals surface area contributed by atoms with E-state index in [9.17, 15) is 8.42 Å². The van der Waals surface area contributed by atoms with Gasteiger partial charge in [-0.1, -0.05) is 11.6 Å². The lowest BCUT2D eigenvalue weighted by atomic mass is 10.2. The molecule has 0 unspecified atom stereocenters. The molecule has 2 heterocycles. The van der Waals surface area contributed by atoms with Gasteiger partial charge < -0.3 is 10.1 Å². The number of ether oxygens (including phenoxy) is 1. The second-order valence-corrected chi connectivity index (χ2v) is 8.57. The van der Waals surface area contributed by atoms with Gasteiger partial charge in [-0.05, 0) is 54.6 Å². The van der Waals surface area contributed by atoms with Gasteiger partial charge in [-0.3, -0.25) is 0 Å². The third kappa shape index (κ3) is 3.91. The molecule has 0 aliphatic carbocycles. The fraction of sp³-hybridized carbons (Fsp3) is 0.211. The Morgan fingerprint density at radius 2 is 1.74 bits per heavy atom. The van der Waals surface area contributed by atoms with Gasteiger partial charge in [0.05, 0.1) is 23.6 Å². The van der Waals surface area contributed by atoms with E-state index in [1.165, 1.54) is 4.31 Å². The normalized spacial score (nSPS) is 15.7. The number of halogens is 1. The van der Waals surface area contributed by atoms with E-state index in [0.717, 1.165) is 16.6 Å². The van der Waals surface area contributed by atoms with Gasteiger partial charge in [0.2, 0.25) is 10.0 Å². The van der Waals surface area contributed by atoms with Crippen LogP contribution in [0.2, 0.25) is 5.02 Å². The Morgan fingerprint density at radius 1 is 1.00 bits per heavy atom. The highest BCUT2D eigenvalue weighted by molar-refractivity contribution is 7.89. The van der Waals surface area contributed by atoms with Crippen LogP contribution in [0.3, 0.4) is 0 Å². The van der Waals surface area contributed by atoms with Gasteiger partial charge in [-0.25, -0.2) is 13.4 Å². The zero-order chi connectivity index (χ0) is 18.9. The van der Waals surface area contributed by atoms with Crippen LogP contribution in [0.5, 0.6) is 0 Å². The van der Waals surface area contributed by atoms with Crippen LogP contribution >= 0.6 is 11.6 Å². The molecule has 1 aromatic heterocycles. The molecule has 0 amide bonds. The first kappa shape index (κ1) is 18.2. The van der Waals surface area contributed by atoms with Gasteiger partial charge in [-0.2, -0.15) is 4.31 Å². The Hall–Kier alpha value is -2.19. The molecule has 1 N–H and O–H groups in total. The smallest absolute Gasteiger partial charge is 0.243 e. The van der Waals surface area contributed by atoms with Gasteiger partial charge >= 0.3 is 0 Å². The molecule has 6 nitrogen and oxygen atoms in total. The maximum absolute atomic E-state index is 12.8. The number of hydrogen-bond donors (Lipinski definition) is 1. The number of fused-ring (bicyclic) bond motifs is 1. The van der Waals surface area contributed by atoms with E-state index in [2.05, 4.69) is 10.3 Å². The molecular formula is C19H18ClN3O3S. The van der Waals surface area contributed by atoms with Crippen molar-refractivity contribution in [2.75, 3.05) is 31.6 Å². The molecule has 1 fully saturated rings. The summed E-state index contributed by atoms with van der Waals surface area (Å²) < 4.78 is 32.3. The number of pyridine rings is 1. The summed E-state index contributed by atoms with van der Waals surface area (Å²) in [5.41, 5.74) is 1.59. The average molecular weight is 404 g/mol. The van der Waals surface area contributed by atoms with E-state index in [1.807, 2.05) is 24.3 Å². The summed E-state index contributed by atoms with van der Waals surface area (Å²) >= 11 is 5.90. The van der Waals surface area contributed by atoms with Gasteiger partial charge in [0.15, 0.2) is 0 Å². The summed E-state index contributed by atoms with van der Waals surface area (Å²) in [5, 5.41) is 4.65. The highest BCUT2D eigenvalue weighted by Gasteiger charge is 2.26. The monoisotopic (exact) mass is 403 g/mol. The van der Waals surface area contributed by atoms with Crippen LogP contribution in [0.4, 0.5) is 11.5 Å². The van der Waals surface area contributed by atoms with Crippen LogP contribution in [0.1, 0.15) is 0 Å².